The van der Waals surface area contributed by atoms with Gasteiger partial charge >= 0.3 is 0 Å². The summed E-state index contributed by atoms with van der Waals surface area (Å²) < 4.78 is 29.0. The monoisotopic (exact) mass is 336 g/mol. The van der Waals surface area contributed by atoms with Crippen LogP contribution in [-0.2, 0) is 9.84 Å². The molecule has 1 aromatic rings. The minimum atomic E-state index is -3.38. The quantitative estimate of drug-likeness (QED) is 0.792. The Bertz CT molecular complexity index is 751. The summed E-state index contributed by atoms with van der Waals surface area (Å²) in [4.78, 5) is 13.1. The van der Waals surface area contributed by atoms with Crippen molar-refractivity contribution in [1.82, 2.24) is 0 Å². The number of carbonyl (C=O) groups is 1. The fourth-order valence-electron chi connectivity index (χ4n) is 4.24. The van der Waals surface area contributed by atoms with Gasteiger partial charge < -0.3 is 4.74 Å². The highest BCUT2D eigenvalue weighted by Crippen LogP contribution is 2.55. The number of hydrogen-bond acceptors (Lipinski definition) is 4. The Morgan fingerprint density at radius 2 is 1.91 bits per heavy atom. The minimum absolute atomic E-state index is 0.0567. The van der Waals surface area contributed by atoms with E-state index in [9.17, 15) is 13.2 Å². The van der Waals surface area contributed by atoms with Crippen molar-refractivity contribution >= 4 is 15.6 Å². The number of ether oxygens (including phenoxy) is 1. The van der Waals surface area contributed by atoms with Crippen LogP contribution in [0.1, 0.15) is 42.1 Å². The summed E-state index contributed by atoms with van der Waals surface area (Å²) in [6.07, 6.45) is 4.33. The zero-order valence-corrected chi connectivity index (χ0v) is 14.9. The molecule has 5 heteroatoms. The molecule has 0 N–H and O–H groups in total. The third kappa shape index (κ3) is 2.91. The SMILES string of the molecule is COc1c(S(C)(=O)=O)ccc(C(=O)C2CC(C)C3CC3C2)c1C. The summed E-state index contributed by atoms with van der Waals surface area (Å²) in [5, 5.41) is 0. The molecule has 1 aromatic carbocycles. The van der Waals surface area contributed by atoms with Crippen molar-refractivity contribution in [2.45, 2.75) is 38.0 Å². The number of methoxy groups -OCH3 is 1. The molecule has 0 bridgehead atoms. The first kappa shape index (κ1) is 16.5. The topological polar surface area (TPSA) is 60.4 Å². The first-order valence-corrected chi connectivity index (χ1v) is 10.0. The predicted molar refractivity (Wildman–Crippen MR) is 88.7 cm³/mol. The van der Waals surface area contributed by atoms with Crippen LogP contribution in [0.5, 0.6) is 5.75 Å². The van der Waals surface area contributed by atoms with E-state index in [1.807, 2.05) is 0 Å². The van der Waals surface area contributed by atoms with Crippen LogP contribution in [0.4, 0.5) is 0 Å². The molecule has 0 heterocycles. The van der Waals surface area contributed by atoms with Gasteiger partial charge in [0.2, 0.25) is 0 Å². The molecule has 2 aliphatic rings. The molecule has 0 aliphatic heterocycles. The van der Waals surface area contributed by atoms with Crippen molar-refractivity contribution < 1.29 is 17.9 Å². The lowest BCUT2D eigenvalue weighted by atomic mass is 9.78. The maximum atomic E-state index is 13.0. The molecule has 0 amide bonds. The van der Waals surface area contributed by atoms with Gasteiger partial charge in [-0.15, -0.1) is 0 Å². The lowest BCUT2D eigenvalue weighted by molar-refractivity contribution is 0.0861. The normalized spacial score (nSPS) is 29.7. The Kier molecular flexibility index (Phi) is 4.03. The molecule has 0 saturated heterocycles. The molecule has 0 spiro atoms. The van der Waals surface area contributed by atoms with E-state index in [1.54, 1.807) is 13.0 Å². The van der Waals surface area contributed by atoms with Gasteiger partial charge in [0.15, 0.2) is 15.6 Å². The van der Waals surface area contributed by atoms with Crippen molar-refractivity contribution in [2.75, 3.05) is 13.4 Å². The van der Waals surface area contributed by atoms with Crippen LogP contribution < -0.4 is 4.74 Å². The molecule has 2 saturated carbocycles. The molecule has 4 atom stereocenters. The van der Waals surface area contributed by atoms with Crippen LogP contribution in [0.25, 0.3) is 0 Å². The lowest BCUT2D eigenvalue weighted by Gasteiger charge is -2.26. The average molecular weight is 336 g/mol. The first-order valence-electron chi connectivity index (χ1n) is 8.16. The third-order valence-corrected chi connectivity index (χ3v) is 6.68. The number of fused-ring (bicyclic) bond motifs is 1. The van der Waals surface area contributed by atoms with Gasteiger partial charge in [-0.3, -0.25) is 4.79 Å². The Balaban J connectivity index is 1.95. The molecule has 3 rings (SSSR count). The Hall–Kier alpha value is -1.36. The second kappa shape index (κ2) is 5.62. The largest absolute Gasteiger partial charge is 0.495 e. The van der Waals surface area contributed by atoms with Gasteiger partial charge in [0, 0.05) is 23.3 Å². The minimum Gasteiger partial charge on any atom is -0.495 e. The number of sulfone groups is 1. The fraction of sp³-hybridized carbons (Fsp3) is 0.611. The van der Waals surface area contributed by atoms with Crippen molar-refractivity contribution in [3.63, 3.8) is 0 Å². The zero-order chi connectivity index (χ0) is 16.9. The summed E-state index contributed by atoms with van der Waals surface area (Å²) in [5.74, 6) is 2.64. The van der Waals surface area contributed by atoms with E-state index < -0.39 is 9.84 Å². The van der Waals surface area contributed by atoms with Gasteiger partial charge in [-0.1, -0.05) is 6.92 Å². The van der Waals surface area contributed by atoms with Gasteiger partial charge in [0.05, 0.1) is 7.11 Å². The number of carbonyl (C=O) groups excluding carboxylic acids is 1. The van der Waals surface area contributed by atoms with Gasteiger partial charge in [0.25, 0.3) is 0 Å². The molecule has 4 unspecified atom stereocenters. The fourth-order valence-corrected chi connectivity index (χ4v) is 5.13. The maximum absolute atomic E-state index is 13.0. The maximum Gasteiger partial charge on any atom is 0.179 e. The zero-order valence-electron chi connectivity index (χ0n) is 14.1. The van der Waals surface area contributed by atoms with E-state index in [0.717, 1.165) is 25.0 Å². The second-order valence-corrected chi connectivity index (χ2v) is 9.20. The molecule has 23 heavy (non-hydrogen) atoms. The van der Waals surface area contributed by atoms with Gasteiger partial charge in [-0.05, 0) is 56.1 Å². The highest BCUT2D eigenvalue weighted by atomic mass is 32.2. The summed E-state index contributed by atoms with van der Waals surface area (Å²) in [6.45, 7) is 4.01. The molecule has 2 aliphatic carbocycles. The third-order valence-electron chi connectivity index (χ3n) is 5.56. The number of hydrogen-bond donors (Lipinski definition) is 0. The van der Waals surface area contributed by atoms with Crippen molar-refractivity contribution in [1.29, 1.82) is 0 Å². The van der Waals surface area contributed by atoms with Gasteiger partial charge in [0.1, 0.15) is 10.6 Å². The number of Topliss-reactive ketones (excluding diaryl/α,β-unsaturated/α-hetero) is 1. The number of benzene rings is 1. The second-order valence-electron chi connectivity index (χ2n) is 7.21. The molecule has 0 aromatic heterocycles. The van der Waals surface area contributed by atoms with E-state index in [2.05, 4.69) is 6.92 Å². The number of rotatable bonds is 4. The number of ketones is 1. The van der Waals surface area contributed by atoms with Crippen LogP contribution in [-0.4, -0.2) is 27.6 Å². The summed E-state index contributed by atoms with van der Waals surface area (Å²) in [6, 6.07) is 3.15. The molecule has 126 valence electrons. The molecule has 4 nitrogen and oxygen atoms in total. The van der Waals surface area contributed by atoms with E-state index >= 15 is 0 Å². The molecular formula is C18H24O4S. The van der Waals surface area contributed by atoms with Crippen LogP contribution in [0.3, 0.4) is 0 Å². The smallest absolute Gasteiger partial charge is 0.179 e. The van der Waals surface area contributed by atoms with Crippen molar-refractivity contribution in [2.24, 2.45) is 23.7 Å². The average Bonchev–Trinajstić information content (AvgIpc) is 3.25. The van der Waals surface area contributed by atoms with E-state index in [0.29, 0.717) is 28.7 Å². The Morgan fingerprint density at radius 1 is 1.22 bits per heavy atom. The molecule has 0 radical (unpaired) electrons. The van der Waals surface area contributed by atoms with Gasteiger partial charge in [-0.2, -0.15) is 0 Å². The standard InChI is InChI=1S/C18H24O4S/c1-10-7-13(8-12-9-15(10)12)17(19)14-5-6-16(23(4,20)21)18(22-3)11(14)2/h5-6,10,12-13,15H,7-9H2,1-4H3. The summed E-state index contributed by atoms with van der Waals surface area (Å²) >= 11 is 0. The van der Waals surface area contributed by atoms with Crippen molar-refractivity contribution in [3.05, 3.63) is 23.3 Å². The van der Waals surface area contributed by atoms with Crippen LogP contribution >= 0.6 is 0 Å². The highest BCUT2D eigenvalue weighted by Gasteiger charge is 2.48. The molecule has 2 fully saturated rings. The predicted octanol–water partition coefficient (Wildman–Crippen LogP) is 3.27. The lowest BCUT2D eigenvalue weighted by Crippen LogP contribution is -2.24. The molecular weight excluding hydrogens is 312 g/mol. The van der Waals surface area contributed by atoms with E-state index in [1.165, 1.54) is 19.6 Å². The van der Waals surface area contributed by atoms with Gasteiger partial charge in [-0.25, -0.2) is 8.42 Å². The van der Waals surface area contributed by atoms with E-state index in [-0.39, 0.29) is 16.6 Å². The van der Waals surface area contributed by atoms with Crippen LogP contribution in [0.2, 0.25) is 0 Å². The summed E-state index contributed by atoms with van der Waals surface area (Å²) in [5.41, 5.74) is 1.23. The summed E-state index contributed by atoms with van der Waals surface area (Å²) in [7, 11) is -1.94. The van der Waals surface area contributed by atoms with Crippen LogP contribution in [0, 0.1) is 30.6 Å². The highest BCUT2D eigenvalue weighted by molar-refractivity contribution is 7.90. The van der Waals surface area contributed by atoms with Crippen molar-refractivity contribution in [3.8, 4) is 5.75 Å². The first-order chi connectivity index (χ1) is 10.7. The van der Waals surface area contributed by atoms with Crippen LogP contribution in [0.15, 0.2) is 17.0 Å². The van der Waals surface area contributed by atoms with E-state index in [4.69, 9.17) is 4.74 Å². The Morgan fingerprint density at radius 3 is 2.48 bits per heavy atom. The Labute approximate surface area is 138 Å².